The third-order valence-electron chi connectivity index (χ3n) is 2.98. The van der Waals surface area contributed by atoms with E-state index in [1.54, 1.807) is 13.2 Å². The van der Waals surface area contributed by atoms with Crippen molar-refractivity contribution in [2.24, 2.45) is 5.73 Å². The van der Waals surface area contributed by atoms with Gasteiger partial charge >= 0.3 is 5.97 Å². The first-order chi connectivity index (χ1) is 9.04. The van der Waals surface area contributed by atoms with Crippen molar-refractivity contribution >= 4 is 28.3 Å². The lowest BCUT2D eigenvalue weighted by Gasteiger charge is -2.17. The second kappa shape index (κ2) is 5.47. The lowest BCUT2D eigenvalue weighted by Crippen LogP contribution is -2.16. The smallest absolute Gasteiger partial charge is 0.305 e. The summed E-state index contributed by atoms with van der Waals surface area (Å²) in [5.41, 5.74) is 6.59. The van der Waals surface area contributed by atoms with E-state index in [-0.39, 0.29) is 6.42 Å². The van der Waals surface area contributed by atoms with Crippen molar-refractivity contribution in [3.63, 3.8) is 0 Å². The van der Waals surface area contributed by atoms with Gasteiger partial charge in [-0.1, -0.05) is 35.9 Å². The number of benzene rings is 2. The van der Waals surface area contributed by atoms with E-state index < -0.39 is 12.0 Å². The SMILES string of the molecule is COc1cc(Cl)c(C(N)CC(=O)O)c2ccccc12. The van der Waals surface area contributed by atoms with Crippen LogP contribution in [0.2, 0.25) is 5.02 Å². The lowest BCUT2D eigenvalue weighted by molar-refractivity contribution is -0.137. The number of halogens is 1. The largest absolute Gasteiger partial charge is 0.496 e. The van der Waals surface area contributed by atoms with Crippen molar-refractivity contribution in [1.82, 2.24) is 0 Å². The monoisotopic (exact) mass is 279 g/mol. The van der Waals surface area contributed by atoms with Gasteiger partial charge in [-0.15, -0.1) is 0 Å². The zero-order chi connectivity index (χ0) is 14.0. The van der Waals surface area contributed by atoms with E-state index in [4.69, 9.17) is 27.2 Å². The van der Waals surface area contributed by atoms with Crippen LogP contribution < -0.4 is 10.5 Å². The molecule has 0 aromatic heterocycles. The predicted molar refractivity (Wildman–Crippen MR) is 74.7 cm³/mol. The minimum Gasteiger partial charge on any atom is -0.496 e. The van der Waals surface area contributed by atoms with E-state index in [1.807, 2.05) is 24.3 Å². The van der Waals surface area contributed by atoms with Crippen LogP contribution in [0.15, 0.2) is 30.3 Å². The molecule has 2 aromatic rings. The second-order valence-corrected chi connectivity index (χ2v) is 4.63. The molecule has 0 radical (unpaired) electrons. The molecule has 2 aromatic carbocycles. The Morgan fingerprint density at radius 3 is 2.63 bits per heavy atom. The molecule has 1 atom stereocenters. The predicted octanol–water partition coefficient (Wildman–Crippen LogP) is 2.98. The first-order valence-corrected chi connectivity index (χ1v) is 6.15. The Morgan fingerprint density at radius 2 is 2.05 bits per heavy atom. The maximum absolute atomic E-state index is 10.8. The van der Waals surface area contributed by atoms with Gasteiger partial charge in [0.25, 0.3) is 0 Å². The molecule has 5 heteroatoms. The minimum atomic E-state index is -0.955. The highest BCUT2D eigenvalue weighted by atomic mass is 35.5. The Labute approximate surface area is 115 Å². The van der Waals surface area contributed by atoms with Crippen LogP contribution >= 0.6 is 11.6 Å². The molecule has 19 heavy (non-hydrogen) atoms. The Balaban J connectivity index is 2.67. The number of ether oxygens (including phenoxy) is 1. The molecular weight excluding hydrogens is 266 g/mol. The van der Waals surface area contributed by atoms with Gasteiger partial charge in [-0.05, 0) is 17.0 Å². The average Bonchev–Trinajstić information content (AvgIpc) is 2.36. The number of carbonyl (C=O) groups is 1. The van der Waals surface area contributed by atoms with Crippen molar-refractivity contribution in [3.8, 4) is 5.75 Å². The van der Waals surface area contributed by atoms with Gasteiger partial charge in [-0.25, -0.2) is 0 Å². The summed E-state index contributed by atoms with van der Waals surface area (Å²) in [6.45, 7) is 0. The summed E-state index contributed by atoms with van der Waals surface area (Å²) >= 11 is 6.21. The highest BCUT2D eigenvalue weighted by Gasteiger charge is 2.19. The number of nitrogens with two attached hydrogens (primary N) is 1. The van der Waals surface area contributed by atoms with Crippen LogP contribution in [0.1, 0.15) is 18.0 Å². The fourth-order valence-electron chi connectivity index (χ4n) is 2.17. The van der Waals surface area contributed by atoms with Crippen LogP contribution in [-0.4, -0.2) is 18.2 Å². The molecule has 1 unspecified atom stereocenters. The molecule has 0 saturated heterocycles. The zero-order valence-corrected chi connectivity index (χ0v) is 11.1. The van der Waals surface area contributed by atoms with Crippen molar-refractivity contribution in [3.05, 3.63) is 40.9 Å². The van der Waals surface area contributed by atoms with Crippen molar-refractivity contribution in [1.29, 1.82) is 0 Å². The average molecular weight is 280 g/mol. The highest BCUT2D eigenvalue weighted by molar-refractivity contribution is 6.32. The minimum absolute atomic E-state index is 0.171. The fraction of sp³-hybridized carbons (Fsp3) is 0.214. The lowest BCUT2D eigenvalue weighted by atomic mass is 9.96. The molecule has 0 saturated carbocycles. The molecule has 0 spiro atoms. The molecule has 0 heterocycles. The molecule has 2 rings (SSSR count). The van der Waals surface area contributed by atoms with Crippen LogP contribution in [0.5, 0.6) is 5.75 Å². The first kappa shape index (κ1) is 13.6. The summed E-state index contributed by atoms with van der Waals surface area (Å²) in [5.74, 6) is -0.310. The summed E-state index contributed by atoms with van der Waals surface area (Å²) in [6, 6.07) is 8.50. The van der Waals surface area contributed by atoms with Gasteiger partial charge in [0.15, 0.2) is 0 Å². The maximum Gasteiger partial charge on any atom is 0.305 e. The molecule has 4 nitrogen and oxygen atoms in total. The van der Waals surface area contributed by atoms with Crippen molar-refractivity contribution in [2.75, 3.05) is 7.11 Å². The molecule has 0 aliphatic heterocycles. The normalized spacial score (nSPS) is 12.4. The van der Waals surface area contributed by atoms with Gasteiger partial charge in [-0.2, -0.15) is 0 Å². The zero-order valence-electron chi connectivity index (χ0n) is 10.4. The summed E-state index contributed by atoms with van der Waals surface area (Å²) in [4.78, 5) is 10.8. The van der Waals surface area contributed by atoms with E-state index in [9.17, 15) is 4.79 Å². The molecule has 0 aliphatic rings. The van der Waals surface area contributed by atoms with E-state index in [0.29, 0.717) is 16.3 Å². The third kappa shape index (κ3) is 2.64. The first-order valence-electron chi connectivity index (χ1n) is 5.77. The van der Waals surface area contributed by atoms with E-state index in [0.717, 1.165) is 10.8 Å². The van der Waals surface area contributed by atoms with Crippen molar-refractivity contribution < 1.29 is 14.6 Å². The maximum atomic E-state index is 10.8. The number of hydrogen-bond donors (Lipinski definition) is 2. The van der Waals surface area contributed by atoms with Gasteiger partial charge in [0.2, 0.25) is 0 Å². The Hall–Kier alpha value is -1.78. The van der Waals surface area contributed by atoms with Crippen molar-refractivity contribution in [2.45, 2.75) is 12.5 Å². The van der Waals surface area contributed by atoms with Gasteiger partial charge in [-0.3, -0.25) is 4.79 Å². The van der Waals surface area contributed by atoms with Crippen LogP contribution in [-0.2, 0) is 4.79 Å². The van der Waals surface area contributed by atoms with Gasteiger partial charge < -0.3 is 15.6 Å². The van der Waals surface area contributed by atoms with Gasteiger partial charge in [0, 0.05) is 16.5 Å². The summed E-state index contributed by atoms with van der Waals surface area (Å²) < 4.78 is 5.28. The summed E-state index contributed by atoms with van der Waals surface area (Å²) in [7, 11) is 1.56. The second-order valence-electron chi connectivity index (χ2n) is 4.22. The number of carboxylic acids is 1. The highest BCUT2D eigenvalue weighted by Crippen LogP contribution is 2.37. The fourth-order valence-corrected chi connectivity index (χ4v) is 2.51. The Kier molecular flexibility index (Phi) is 3.93. The molecule has 0 amide bonds. The molecule has 0 aliphatic carbocycles. The van der Waals surface area contributed by atoms with Crippen LogP contribution in [0.4, 0.5) is 0 Å². The number of hydrogen-bond acceptors (Lipinski definition) is 3. The van der Waals surface area contributed by atoms with E-state index in [2.05, 4.69) is 0 Å². The van der Waals surface area contributed by atoms with Crippen LogP contribution in [0.3, 0.4) is 0 Å². The van der Waals surface area contributed by atoms with Crippen LogP contribution in [0.25, 0.3) is 10.8 Å². The summed E-state index contributed by atoms with van der Waals surface area (Å²) in [6.07, 6.45) is -0.171. The molecule has 100 valence electrons. The van der Waals surface area contributed by atoms with E-state index >= 15 is 0 Å². The molecule has 0 fully saturated rings. The molecule has 0 bridgehead atoms. The van der Waals surface area contributed by atoms with Crippen LogP contribution in [0, 0.1) is 0 Å². The number of methoxy groups -OCH3 is 1. The topological polar surface area (TPSA) is 72.5 Å². The van der Waals surface area contributed by atoms with Gasteiger partial charge in [0.1, 0.15) is 5.75 Å². The number of fused-ring (bicyclic) bond motifs is 1. The summed E-state index contributed by atoms with van der Waals surface area (Å²) in [5, 5.41) is 11.0. The van der Waals surface area contributed by atoms with Gasteiger partial charge in [0.05, 0.1) is 13.5 Å². The number of rotatable bonds is 4. The Bertz CT molecular complexity index is 627. The van der Waals surface area contributed by atoms with E-state index in [1.165, 1.54) is 0 Å². The standard InChI is InChI=1S/C14H14ClNO3/c1-19-12-6-10(15)14(11(16)7-13(17)18)9-5-3-2-4-8(9)12/h2-6,11H,7,16H2,1H3,(H,17,18). The quantitative estimate of drug-likeness (QED) is 0.902. The third-order valence-corrected chi connectivity index (χ3v) is 3.30. The molecule has 3 N–H and O–H groups in total. The Morgan fingerprint density at radius 1 is 1.42 bits per heavy atom. The molecular formula is C14H14ClNO3. The number of aliphatic carboxylic acids is 1. The number of carboxylic acid groups (broad SMARTS) is 1.